The summed E-state index contributed by atoms with van der Waals surface area (Å²) in [4.78, 5) is 24.1. The van der Waals surface area contributed by atoms with Crippen LogP contribution >= 0.6 is 0 Å². The van der Waals surface area contributed by atoms with Crippen molar-refractivity contribution in [2.45, 2.75) is 32.1 Å². The van der Waals surface area contributed by atoms with E-state index < -0.39 is 29.1 Å². The number of halogens is 2. The van der Waals surface area contributed by atoms with Gasteiger partial charge in [-0.25, -0.2) is 13.6 Å². The lowest BCUT2D eigenvalue weighted by Crippen LogP contribution is -2.35. The molecule has 0 bridgehead atoms. The Labute approximate surface area is 191 Å². The van der Waals surface area contributed by atoms with Gasteiger partial charge in [0.25, 0.3) is 5.91 Å². The molecule has 0 radical (unpaired) electrons. The number of urea groups is 1. The van der Waals surface area contributed by atoms with E-state index in [0.29, 0.717) is 18.0 Å². The fourth-order valence-corrected chi connectivity index (χ4v) is 3.64. The van der Waals surface area contributed by atoms with Gasteiger partial charge in [-0.1, -0.05) is 50.2 Å². The van der Waals surface area contributed by atoms with Gasteiger partial charge in [0.1, 0.15) is 22.9 Å². The van der Waals surface area contributed by atoms with Gasteiger partial charge >= 0.3 is 6.03 Å². The Morgan fingerprint density at radius 2 is 1.45 bits per heavy atom. The predicted octanol–water partition coefficient (Wildman–Crippen LogP) is 6.06. The van der Waals surface area contributed by atoms with Crippen molar-refractivity contribution in [2.75, 3.05) is 11.9 Å². The second-order valence-electron chi connectivity index (χ2n) is 7.67. The van der Waals surface area contributed by atoms with E-state index in [1.54, 1.807) is 24.3 Å². The summed E-state index contributed by atoms with van der Waals surface area (Å²) in [5.74, 6) is -2.63. The van der Waals surface area contributed by atoms with Gasteiger partial charge in [0.05, 0.1) is 6.61 Å². The number of hydrogen-bond donors (Lipinski definition) is 2. The number of benzene rings is 3. The Bertz CT molecular complexity index is 1080. The molecule has 0 aromatic heterocycles. The number of carbonyl (C=O) groups excluding carboxylic acids is 2. The van der Waals surface area contributed by atoms with Crippen LogP contribution in [0.3, 0.4) is 0 Å². The second kappa shape index (κ2) is 10.7. The van der Waals surface area contributed by atoms with Gasteiger partial charge in [0.2, 0.25) is 0 Å². The number of ether oxygens (including phenoxy) is 1. The summed E-state index contributed by atoms with van der Waals surface area (Å²) in [6, 6.07) is 19.0. The number of anilines is 1. The molecule has 7 heteroatoms. The van der Waals surface area contributed by atoms with Crippen LogP contribution in [0.4, 0.5) is 19.3 Å². The summed E-state index contributed by atoms with van der Waals surface area (Å²) in [5.41, 5.74) is 0.688. The van der Waals surface area contributed by atoms with Crippen molar-refractivity contribution in [1.82, 2.24) is 5.32 Å². The minimum Gasteiger partial charge on any atom is -0.493 e. The maximum atomic E-state index is 13.7. The molecule has 172 valence electrons. The number of hydrogen-bond acceptors (Lipinski definition) is 3. The molecule has 5 nitrogen and oxygen atoms in total. The van der Waals surface area contributed by atoms with Crippen molar-refractivity contribution in [3.63, 3.8) is 0 Å². The molecule has 0 saturated carbocycles. The van der Waals surface area contributed by atoms with Crippen LogP contribution in [-0.4, -0.2) is 18.5 Å². The van der Waals surface area contributed by atoms with Crippen LogP contribution in [0.15, 0.2) is 72.8 Å². The third kappa shape index (κ3) is 5.74. The molecule has 0 aliphatic carbocycles. The van der Waals surface area contributed by atoms with Crippen LogP contribution in [0.25, 0.3) is 0 Å². The van der Waals surface area contributed by atoms with Crippen LogP contribution in [0.2, 0.25) is 0 Å². The fourth-order valence-electron chi connectivity index (χ4n) is 3.64. The van der Waals surface area contributed by atoms with Crippen LogP contribution in [-0.2, 0) is 5.41 Å². The highest BCUT2D eigenvalue weighted by molar-refractivity contribution is 6.08. The summed E-state index contributed by atoms with van der Waals surface area (Å²) in [5, 5.41) is 4.38. The van der Waals surface area contributed by atoms with Gasteiger partial charge < -0.3 is 10.1 Å². The topological polar surface area (TPSA) is 67.4 Å². The predicted molar refractivity (Wildman–Crippen MR) is 123 cm³/mol. The molecular formula is C26H26F2N2O3. The molecule has 2 N–H and O–H groups in total. The highest BCUT2D eigenvalue weighted by Crippen LogP contribution is 2.32. The molecule has 0 atom stereocenters. The normalized spacial score (nSPS) is 11.0. The van der Waals surface area contributed by atoms with Gasteiger partial charge in [-0.2, -0.15) is 0 Å². The van der Waals surface area contributed by atoms with Crippen molar-refractivity contribution in [2.24, 2.45) is 0 Å². The average molecular weight is 453 g/mol. The Hall–Kier alpha value is -3.74. The molecular weight excluding hydrogens is 426 g/mol. The average Bonchev–Trinajstić information content (AvgIpc) is 2.81. The molecule has 3 aromatic carbocycles. The first-order valence-electron chi connectivity index (χ1n) is 10.7. The van der Waals surface area contributed by atoms with Crippen molar-refractivity contribution >= 4 is 17.6 Å². The SMILES string of the molecule is CCC(CC)(COc1ccc(NC(=O)NC(=O)c2c(F)cccc2F)cc1)c1ccccc1. The number of amides is 3. The molecule has 0 spiro atoms. The summed E-state index contributed by atoms with van der Waals surface area (Å²) >= 11 is 0. The molecule has 0 unspecified atom stereocenters. The van der Waals surface area contributed by atoms with E-state index in [4.69, 9.17) is 4.74 Å². The molecule has 0 saturated heterocycles. The van der Waals surface area contributed by atoms with E-state index in [-0.39, 0.29) is 5.41 Å². The fraction of sp³-hybridized carbons (Fsp3) is 0.231. The molecule has 0 aliphatic rings. The third-order valence-electron chi connectivity index (χ3n) is 5.78. The number of rotatable bonds is 8. The Kier molecular flexibility index (Phi) is 7.77. The van der Waals surface area contributed by atoms with Gasteiger partial charge in [-0.05, 0) is 54.8 Å². The molecule has 3 amide bonds. The van der Waals surface area contributed by atoms with Crippen LogP contribution in [0, 0.1) is 11.6 Å². The minimum atomic E-state index is -1.17. The number of nitrogens with one attached hydrogen (secondary N) is 2. The third-order valence-corrected chi connectivity index (χ3v) is 5.78. The molecule has 33 heavy (non-hydrogen) atoms. The summed E-state index contributed by atoms with van der Waals surface area (Å²) in [6.45, 7) is 4.78. The molecule has 3 aromatic rings. The van der Waals surface area contributed by atoms with E-state index in [2.05, 4.69) is 31.3 Å². The van der Waals surface area contributed by atoms with Crippen molar-refractivity contribution in [1.29, 1.82) is 0 Å². The first-order chi connectivity index (χ1) is 15.9. The zero-order valence-electron chi connectivity index (χ0n) is 18.5. The lowest BCUT2D eigenvalue weighted by Gasteiger charge is -2.32. The molecule has 0 aliphatic heterocycles. The molecule has 0 fully saturated rings. The summed E-state index contributed by atoms with van der Waals surface area (Å²) < 4.78 is 33.4. The van der Waals surface area contributed by atoms with Gasteiger partial charge in [-0.3, -0.25) is 10.1 Å². The second-order valence-corrected chi connectivity index (χ2v) is 7.67. The van der Waals surface area contributed by atoms with Crippen molar-refractivity contribution in [3.05, 3.63) is 95.6 Å². The highest BCUT2D eigenvalue weighted by Gasteiger charge is 2.29. The zero-order chi connectivity index (χ0) is 23.8. The lowest BCUT2D eigenvalue weighted by molar-refractivity contribution is 0.0959. The van der Waals surface area contributed by atoms with Gasteiger partial charge in [0.15, 0.2) is 0 Å². The van der Waals surface area contributed by atoms with Crippen molar-refractivity contribution < 1.29 is 23.1 Å². The summed E-state index contributed by atoms with van der Waals surface area (Å²) in [6.07, 6.45) is 1.84. The van der Waals surface area contributed by atoms with Crippen LogP contribution < -0.4 is 15.4 Å². The maximum Gasteiger partial charge on any atom is 0.326 e. The Balaban J connectivity index is 1.60. The highest BCUT2D eigenvalue weighted by atomic mass is 19.1. The smallest absolute Gasteiger partial charge is 0.326 e. The minimum absolute atomic E-state index is 0.111. The molecule has 3 rings (SSSR count). The first kappa shape index (κ1) is 23.9. The van der Waals surface area contributed by atoms with E-state index in [1.165, 1.54) is 5.56 Å². The quantitative estimate of drug-likeness (QED) is 0.436. The van der Waals surface area contributed by atoms with E-state index in [0.717, 1.165) is 31.0 Å². The molecule has 0 heterocycles. The zero-order valence-corrected chi connectivity index (χ0v) is 18.5. The van der Waals surface area contributed by atoms with Gasteiger partial charge in [-0.15, -0.1) is 0 Å². The van der Waals surface area contributed by atoms with Gasteiger partial charge in [0, 0.05) is 11.1 Å². The Morgan fingerprint density at radius 1 is 0.848 bits per heavy atom. The summed E-state index contributed by atoms with van der Waals surface area (Å²) in [7, 11) is 0. The van der Waals surface area contributed by atoms with Crippen LogP contribution in [0.5, 0.6) is 5.75 Å². The van der Waals surface area contributed by atoms with Crippen molar-refractivity contribution in [3.8, 4) is 5.75 Å². The number of imide groups is 1. The largest absolute Gasteiger partial charge is 0.493 e. The standard InChI is InChI=1S/C26H26F2N2O3/c1-3-26(4-2,18-9-6-5-7-10-18)17-33-20-15-13-19(14-16-20)29-25(32)30-24(31)23-21(27)11-8-12-22(23)28/h5-16H,3-4,17H2,1-2H3,(H2,29,30,31,32). The number of carbonyl (C=O) groups is 2. The van der Waals surface area contributed by atoms with Crippen LogP contribution in [0.1, 0.15) is 42.6 Å². The maximum absolute atomic E-state index is 13.7. The monoisotopic (exact) mass is 452 g/mol. The Morgan fingerprint density at radius 3 is 2.03 bits per heavy atom. The van der Waals surface area contributed by atoms with E-state index >= 15 is 0 Å². The lowest BCUT2D eigenvalue weighted by atomic mass is 9.76. The van der Waals surface area contributed by atoms with E-state index in [1.807, 2.05) is 23.5 Å². The van der Waals surface area contributed by atoms with E-state index in [9.17, 15) is 18.4 Å². The first-order valence-corrected chi connectivity index (χ1v) is 10.7.